The van der Waals surface area contributed by atoms with Gasteiger partial charge in [0.1, 0.15) is 0 Å². The highest BCUT2D eigenvalue weighted by Crippen LogP contribution is 2.24. The molecule has 6 heteroatoms. The first-order valence-electron chi connectivity index (χ1n) is 7.97. The SMILES string of the molecule is COC(=O)c1ccc(NC(=O)c2ccc(C(=O)C(C)(C)C)cc2)cc1Br. The van der Waals surface area contributed by atoms with Crippen molar-refractivity contribution in [1.82, 2.24) is 0 Å². The Bertz CT molecular complexity index is 851. The fraction of sp³-hybridized carbons (Fsp3) is 0.250. The van der Waals surface area contributed by atoms with E-state index >= 15 is 0 Å². The molecule has 0 aromatic heterocycles. The van der Waals surface area contributed by atoms with Crippen LogP contribution in [0.4, 0.5) is 5.69 Å². The molecule has 0 saturated heterocycles. The van der Waals surface area contributed by atoms with Crippen molar-refractivity contribution < 1.29 is 19.1 Å². The van der Waals surface area contributed by atoms with Gasteiger partial charge in [-0.15, -0.1) is 0 Å². The Hall–Kier alpha value is -2.47. The molecule has 0 aliphatic heterocycles. The van der Waals surface area contributed by atoms with Gasteiger partial charge < -0.3 is 10.1 Å². The minimum absolute atomic E-state index is 0.0202. The van der Waals surface area contributed by atoms with Gasteiger partial charge in [0.2, 0.25) is 0 Å². The summed E-state index contributed by atoms with van der Waals surface area (Å²) in [5.74, 6) is -0.752. The molecule has 2 rings (SSSR count). The summed E-state index contributed by atoms with van der Waals surface area (Å²) in [7, 11) is 1.30. The first-order chi connectivity index (χ1) is 12.1. The molecule has 0 bridgehead atoms. The third-order valence-electron chi connectivity index (χ3n) is 3.72. The lowest BCUT2D eigenvalue weighted by Crippen LogP contribution is -2.20. The lowest BCUT2D eigenvalue weighted by atomic mass is 9.86. The fourth-order valence-electron chi connectivity index (χ4n) is 2.28. The summed E-state index contributed by atoms with van der Waals surface area (Å²) in [5, 5.41) is 2.76. The molecule has 0 spiro atoms. The highest BCUT2D eigenvalue weighted by Gasteiger charge is 2.23. The zero-order chi connectivity index (χ0) is 19.5. The summed E-state index contributed by atoms with van der Waals surface area (Å²) in [5.41, 5.74) is 1.43. The van der Waals surface area contributed by atoms with Crippen LogP contribution in [0.3, 0.4) is 0 Å². The number of ketones is 1. The quantitative estimate of drug-likeness (QED) is 0.576. The molecule has 26 heavy (non-hydrogen) atoms. The van der Waals surface area contributed by atoms with Gasteiger partial charge in [-0.25, -0.2) is 4.79 Å². The number of amides is 1. The van der Waals surface area contributed by atoms with Gasteiger partial charge in [-0.1, -0.05) is 32.9 Å². The van der Waals surface area contributed by atoms with Crippen molar-refractivity contribution in [2.24, 2.45) is 5.41 Å². The Morgan fingerprint density at radius 2 is 1.54 bits per heavy atom. The minimum Gasteiger partial charge on any atom is -0.465 e. The van der Waals surface area contributed by atoms with Gasteiger partial charge in [0.05, 0.1) is 12.7 Å². The molecule has 5 nitrogen and oxygen atoms in total. The van der Waals surface area contributed by atoms with Crippen LogP contribution in [0, 0.1) is 5.41 Å². The van der Waals surface area contributed by atoms with Gasteiger partial charge in [-0.3, -0.25) is 9.59 Å². The van der Waals surface area contributed by atoms with Crippen LogP contribution in [-0.4, -0.2) is 24.8 Å². The molecule has 2 aromatic carbocycles. The number of anilines is 1. The first kappa shape index (κ1) is 19.8. The number of carbonyl (C=O) groups excluding carboxylic acids is 3. The number of benzene rings is 2. The smallest absolute Gasteiger partial charge is 0.339 e. The van der Waals surface area contributed by atoms with Crippen LogP contribution in [0.25, 0.3) is 0 Å². The van der Waals surface area contributed by atoms with E-state index in [0.717, 1.165) is 0 Å². The molecule has 0 atom stereocenters. The summed E-state index contributed by atoms with van der Waals surface area (Å²) >= 11 is 3.29. The van der Waals surface area contributed by atoms with Crippen molar-refractivity contribution in [3.05, 3.63) is 63.6 Å². The maximum atomic E-state index is 12.4. The fourth-order valence-corrected chi connectivity index (χ4v) is 2.82. The predicted octanol–water partition coefficient (Wildman–Crippen LogP) is 4.72. The van der Waals surface area contributed by atoms with E-state index < -0.39 is 11.4 Å². The molecular formula is C20H20BrNO4. The minimum atomic E-state index is -0.475. The lowest BCUT2D eigenvalue weighted by Gasteiger charge is -2.16. The molecular weight excluding hydrogens is 398 g/mol. The van der Waals surface area contributed by atoms with Gasteiger partial charge in [-0.05, 0) is 46.3 Å². The number of carbonyl (C=O) groups is 3. The molecule has 1 amide bonds. The van der Waals surface area contributed by atoms with Crippen molar-refractivity contribution >= 4 is 39.3 Å². The number of Topliss-reactive ketones (excluding diaryl/α,β-unsaturated/α-hetero) is 1. The molecule has 1 N–H and O–H groups in total. The summed E-state index contributed by atoms with van der Waals surface area (Å²) in [6.07, 6.45) is 0. The van der Waals surface area contributed by atoms with Crippen LogP contribution >= 0.6 is 15.9 Å². The van der Waals surface area contributed by atoms with E-state index in [9.17, 15) is 14.4 Å². The zero-order valence-corrected chi connectivity index (χ0v) is 16.6. The summed E-state index contributed by atoms with van der Waals surface area (Å²) in [6, 6.07) is 11.3. The average molecular weight is 418 g/mol. The second-order valence-electron chi connectivity index (χ2n) is 6.80. The Balaban J connectivity index is 2.14. The molecule has 0 fully saturated rings. The van der Waals surface area contributed by atoms with Crippen molar-refractivity contribution in [3.8, 4) is 0 Å². The number of rotatable bonds is 4. The molecule has 0 saturated carbocycles. The second kappa shape index (κ2) is 7.83. The van der Waals surface area contributed by atoms with Gasteiger partial charge in [0.25, 0.3) is 5.91 Å². The number of hydrogen-bond acceptors (Lipinski definition) is 4. The lowest BCUT2D eigenvalue weighted by molar-refractivity contribution is 0.0599. The third kappa shape index (κ3) is 4.58. The van der Waals surface area contributed by atoms with E-state index in [1.807, 2.05) is 20.8 Å². The van der Waals surface area contributed by atoms with E-state index in [1.54, 1.807) is 42.5 Å². The maximum Gasteiger partial charge on any atom is 0.339 e. The molecule has 0 aliphatic carbocycles. The molecule has 0 unspecified atom stereocenters. The van der Waals surface area contributed by atoms with Crippen LogP contribution in [0.15, 0.2) is 46.9 Å². The molecule has 136 valence electrons. The van der Waals surface area contributed by atoms with Crippen molar-refractivity contribution in [1.29, 1.82) is 0 Å². The van der Waals surface area contributed by atoms with Gasteiger partial charge in [0, 0.05) is 26.7 Å². The summed E-state index contributed by atoms with van der Waals surface area (Å²) in [4.78, 5) is 36.2. The molecule has 0 radical (unpaired) electrons. The molecule has 2 aromatic rings. The van der Waals surface area contributed by atoms with E-state index in [4.69, 9.17) is 0 Å². The van der Waals surface area contributed by atoms with Crippen LogP contribution in [0.1, 0.15) is 51.8 Å². The van der Waals surface area contributed by atoms with Gasteiger partial charge in [0.15, 0.2) is 5.78 Å². The van der Waals surface area contributed by atoms with E-state index in [1.165, 1.54) is 7.11 Å². The highest BCUT2D eigenvalue weighted by molar-refractivity contribution is 9.10. The topological polar surface area (TPSA) is 72.5 Å². The largest absolute Gasteiger partial charge is 0.465 e. The van der Waals surface area contributed by atoms with Crippen LogP contribution in [0.2, 0.25) is 0 Å². The van der Waals surface area contributed by atoms with E-state index in [2.05, 4.69) is 26.0 Å². The molecule has 0 heterocycles. The van der Waals surface area contributed by atoms with Crippen LogP contribution < -0.4 is 5.32 Å². The molecule has 0 aliphatic rings. The summed E-state index contributed by atoms with van der Waals surface area (Å²) < 4.78 is 5.20. The number of methoxy groups -OCH3 is 1. The summed E-state index contributed by atoms with van der Waals surface area (Å²) in [6.45, 7) is 5.56. The van der Waals surface area contributed by atoms with E-state index in [-0.39, 0.29) is 11.7 Å². The first-order valence-corrected chi connectivity index (χ1v) is 8.77. The second-order valence-corrected chi connectivity index (χ2v) is 7.65. The van der Waals surface area contributed by atoms with Crippen molar-refractivity contribution in [2.75, 3.05) is 12.4 Å². The number of esters is 1. The Morgan fingerprint density at radius 3 is 2.04 bits per heavy atom. The van der Waals surface area contributed by atoms with Gasteiger partial charge >= 0.3 is 5.97 Å². The van der Waals surface area contributed by atoms with Crippen molar-refractivity contribution in [2.45, 2.75) is 20.8 Å². The predicted molar refractivity (Wildman–Crippen MR) is 104 cm³/mol. The highest BCUT2D eigenvalue weighted by atomic mass is 79.9. The number of hydrogen-bond donors (Lipinski definition) is 1. The zero-order valence-electron chi connectivity index (χ0n) is 15.1. The van der Waals surface area contributed by atoms with Crippen LogP contribution in [0.5, 0.6) is 0 Å². The normalized spacial score (nSPS) is 11.0. The monoisotopic (exact) mass is 417 g/mol. The van der Waals surface area contributed by atoms with Gasteiger partial charge in [-0.2, -0.15) is 0 Å². The standard InChI is InChI=1S/C20H20BrNO4/c1-20(2,3)17(23)12-5-7-13(8-6-12)18(24)22-14-9-10-15(16(21)11-14)19(25)26-4/h5-11H,1-4H3,(H,22,24). The maximum absolute atomic E-state index is 12.4. The average Bonchev–Trinajstić information content (AvgIpc) is 2.60. The van der Waals surface area contributed by atoms with Crippen LogP contribution in [-0.2, 0) is 4.74 Å². The number of halogens is 1. The number of nitrogens with one attached hydrogen (secondary N) is 1. The van der Waals surface area contributed by atoms with Crippen molar-refractivity contribution in [3.63, 3.8) is 0 Å². The Labute approximate surface area is 160 Å². The Kier molecular flexibility index (Phi) is 5.97. The van der Waals surface area contributed by atoms with E-state index in [0.29, 0.717) is 26.9 Å². The number of ether oxygens (including phenoxy) is 1. The third-order valence-corrected chi connectivity index (χ3v) is 4.38. The Morgan fingerprint density at radius 1 is 0.962 bits per heavy atom.